The maximum atomic E-state index is 8.74. The van der Waals surface area contributed by atoms with Gasteiger partial charge in [-0.05, 0) is 25.7 Å². The van der Waals surface area contributed by atoms with Crippen molar-refractivity contribution in [2.24, 2.45) is 0 Å². The molecular weight excluding hydrogens is 152 g/mol. The molecule has 2 atom stereocenters. The molecule has 68 valence electrons. The molecule has 0 aliphatic heterocycles. The molecular formula is C10H16O2. The van der Waals surface area contributed by atoms with Crippen molar-refractivity contribution in [3.63, 3.8) is 0 Å². The third-order valence-electron chi connectivity index (χ3n) is 2.03. The molecule has 0 amide bonds. The topological polar surface area (TPSA) is 40.5 Å². The summed E-state index contributed by atoms with van der Waals surface area (Å²) in [5.41, 5.74) is 0. The van der Waals surface area contributed by atoms with E-state index in [1.807, 2.05) is 0 Å². The highest BCUT2D eigenvalue weighted by Crippen LogP contribution is 2.17. The number of allylic oxidation sites excluding steroid dienone is 4. The summed E-state index contributed by atoms with van der Waals surface area (Å²) in [5, 5.41) is 17.5. The highest BCUT2D eigenvalue weighted by Gasteiger charge is 2.19. The van der Waals surface area contributed by atoms with Gasteiger partial charge < -0.3 is 10.2 Å². The monoisotopic (exact) mass is 168 g/mol. The summed E-state index contributed by atoms with van der Waals surface area (Å²) in [6.45, 7) is 0. The Hall–Kier alpha value is -0.600. The summed E-state index contributed by atoms with van der Waals surface area (Å²) in [4.78, 5) is 0. The van der Waals surface area contributed by atoms with Crippen molar-refractivity contribution in [1.29, 1.82) is 0 Å². The van der Waals surface area contributed by atoms with Gasteiger partial charge >= 0.3 is 0 Å². The molecule has 0 spiro atoms. The van der Waals surface area contributed by atoms with Crippen LogP contribution in [-0.2, 0) is 0 Å². The first-order valence-electron chi connectivity index (χ1n) is 4.47. The fourth-order valence-electron chi connectivity index (χ4n) is 1.33. The standard InChI is InChI=1S/C5H10O2.C5H6/c6-4-1-2-5(7)3-4;1-2-4-5-3-1/h4-7H,1-3H2;1-4H,5H2. The quantitative estimate of drug-likeness (QED) is 0.574. The minimum atomic E-state index is -0.227. The minimum absolute atomic E-state index is 0.227. The normalized spacial score (nSPS) is 31.8. The molecule has 2 nitrogen and oxygen atoms in total. The molecule has 2 aliphatic rings. The van der Waals surface area contributed by atoms with Crippen LogP contribution < -0.4 is 0 Å². The molecule has 12 heavy (non-hydrogen) atoms. The molecule has 0 aromatic rings. The van der Waals surface area contributed by atoms with E-state index in [0.717, 1.165) is 19.3 Å². The number of rotatable bonds is 0. The Morgan fingerprint density at radius 1 is 0.917 bits per heavy atom. The Morgan fingerprint density at radius 3 is 1.58 bits per heavy atom. The maximum Gasteiger partial charge on any atom is 0.0565 e. The lowest BCUT2D eigenvalue weighted by atomic mass is 10.3. The summed E-state index contributed by atoms with van der Waals surface area (Å²) in [7, 11) is 0. The van der Waals surface area contributed by atoms with E-state index >= 15 is 0 Å². The van der Waals surface area contributed by atoms with Crippen molar-refractivity contribution >= 4 is 0 Å². The maximum absolute atomic E-state index is 8.74. The lowest BCUT2D eigenvalue weighted by Crippen LogP contribution is -2.02. The Labute approximate surface area is 73.2 Å². The molecule has 2 rings (SSSR count). The van der Waals surface area contributed by atoms with Crippen molar-refractivity contribution < 1.29 is 10.2 Å². The summed E-state index contributed by atoms with van der Waals surface area (Å²) in [6, 6.07) is 0. The first-order valence-corrected chi connectivity index (χ1v) is 4.47. The average molecular weight is 168 g/mol. The van der Waals surface area contributed by atoms with Crippen LogP contribution in [0.5, 0.6) is 0 Å². The molecule has 2 aliphatic carbocycles. The fraction of sp³-hybridized carbons (Fsp3) is 0.600. The van der Waals surface area contributed by atoms with Crippen LogP contribution in [0.3, 0.4) is 0 Å². The van der Waals surface area contributed by atoms with Gasteiger partial charge in [-0.25, -0.2) is 0 Å². The first kappa shape index (κ1) is 9.49. The second kappa shape index (κ2) is 5.12. The summed E-state index contributed by atoms with van der Waals surface area (Å²) < 4.78 is 0. The second-order valence-corrected chi connectivity index (χ2v) is 3.21. The second-order valence-electron chi connectivity index (χ2n) is 3.21. The van der Waals surface area contributed by atoms with Crippen LogP contribution in [0.4, 0.5) is 0 Å². The van der Waals surface area contributed by atoms with E-state index in [-0.39, 0.29) is 12.2 Å². The molecule has 0 aromatic heterocycles. The van der Waals surface area contributed by atoms with E-state index in [9.17, 15) is 0 Å². The molecule has 0 aromatic carbocycles. The van der Waals surface area contributed by atoms with Crippen molar-refractivity contribution in [1.82, 2.24) is 0 Å². The zero-order valence-electron chi connectivity index (χ0n) is 7.19. The van der Waals surface area contributed by atoms with Gasteiger partial charge in [-0.15, -0.1) is 0 Å². The molecule has 0 saturated heterocycles. The predicted molar refractivity (Wildman–Crippen MR) is 48.8 cm³/mol. The fourth-order valence-corrected chi connectivity index (χ4v) is 1.33. The summed E-state index contributed by atoms with van der Waals surface area (Å²) >= 11 is 0. The van der Waals surface area contributed by atoms with E-state index in [0.29, 0.717) is 6.42 Å². The molecule has 1 saturated carbocycles. The van der Waals surface area contributed by atoms with Gasteiger partial charge in [0.2, 0.25) is 0 Å². The summed E-state index contributed by atoms with van der Waals surface area (Å²) in [6.07, 6.45) is 11.2. The zero-order chi connectivity index (χ0) is 8.81. The third kappa shape index (κ3) is 3.69. The molecule has 0 heterocycles. The van der Waals surface area contributed by atoms with Gasteiger partial charge in [-0.2, -0.15) is 0 Å². The highest BCUT2D eigenvalue weighted by atomic mass is 16.3. The van der Waals surface area contributed by atoms with Crippen LogP contribution in [0.25, 0.3) is 0 Å². The smallest absolute Gasteiger partial charge is 0.0565 e. The van der Waals surface area contributed by atoms with E-state index < -0.39 is 0 Å². The number of hydrogen-bond acceptors (Lipinski definition) is 2. The predicted octanol–water partition coefficient (Wildman–Crippen LogP) is 1.39. The van der Waals surface area contributed by atoms with Gasteiger partial charge in [-0.3, -0.25) is 0 Å². The molecule has 2 unspecified atom stereocenters. The Bertz CT molecular complexity index is 155. The van der Waals surface area contributed by atoms with E-state index in [1.54, 1.807) is 0 Å². The molecule has 2 N–H and O–H groups in total. The largest absolute Gasteiger partial charge is 0.393 e. The third-order valence-corrected chi connectivity index (χ3v) is 2.03. The van der Waals surface area contributed by atoms with Gasteiger partial charge in [0.25, 0.3) is 0 Å². The Kier molecular flexibility index (Phi) is 4.05. The summed E-state index contributed by atoms with van der Waals surface area (Å²) in [5.74, 6) is 0. The average Bonchev–Trinajstić information content (AvgIpc) is 2.63. The van der Waals surface area contributed by atoms with Crippen LogP contribution in [0.15, 0.2) is 24.3 Å². The van der Waals surface area contributed by atoms with Crippen molar-refractivity contribution in [3.05, 3.63) is 24.3 Å². The van der Waals surface area contributed by atoms with Crippen LogP contribution in [0.2, 0.25) is 0 Å². The van der Waals surface area contributed by atoms with Crippen LogP contribution in [-0.4, -0.2) is 22.4 Å². The molecule has 0 bridgehead atoms. The highest BCUT2D eigenvalue weighted by molar-refractivity contribution is 5.11. The van der Waals surface area contributed by atoms with Gasteiger partial charge in [0.1, 0.15) is 0 Å². The molecule has 2 heteroatoms. The van der Waals surface area contributed by atoms with Crippen molar-refractivity contribution in [3.8, 4) is 0 Å². The van der Waals surface area contributed by atoms with Gasteiger partial charge in [-0.1, -0.05) is 24.3 Å². The Balaban J connectivity index is 0.000000127. The Morgan fingerprint density at radius 2 is 1.42 bits per heavy atom. The van der Waals surface area contributed by atoms with E-state index in [4.69, 9.17) is 10.2 Å². The van der Waals surface area contributed by atoms with Gasteiger partial charge in [0.15, 0.2) is 0 Å². The molecule has 0 radical (unpaired) electrons. The first-order chi connectivity index (χ1) is 5.79. The number of aliphatic hydroxyl groups excluding tert-OH is 2. The van der Waals surface area contributed by atoms with E-state index in [2.05, 4.69) is 24.3 Å². The lowest BCUT2D eigenvalue weighted by Gasteiger charge is -1.95. The van der Waals surface area contributed by atoms with Gasteiger partial charge in [0.05, 0.1) is 12.2 Å². The molecule has 1 fully saturated rings. The van der Waals surface area contributed by atoms with Crippen LogP contribution in [0, 0.1) is 0 Å². The van der Waals surface area contributed by atoms with Crippen molar-refractivity contribution in [2.45, 2.75) is 37.9 Å². The van der Waals surface area contributed by atoms with Crippen LogP contribution >= 0.6 is 0 Å². The van der Waals surface area contributed by atoms with Gasteiger partial charge in [0, 0.05) is 0 Å². The minimum Gasteiger partial charge on any atom is -0.393 e. The van der Waals surface area contributed by atoms with E-state index in [1.165, 1.54) is 0 Å². The number of hydrogen-bond donors (Lipinski definition) is 2. The van der Waals surface area contributed by atoms with Crippen LogP contribution in [0.1, 0.15) is 25.7 Å². The SMILES string of the molecule is C1=CCC=C1.OC1CCC(O)C1. The number of aliphatic hydroxyl groups is 2. The lowest BCUT2D eigenvalue weighted by molar-refractivity contribution is 0.137. The zero-order valence-corrected chi connectivity index (χ0v) is 7.19. The van der Waals surface area contributed by atoms with Crippen molar-refractivity contribution in [2.75, 3.05) is 0 Å².